The molecule has 0 aromatic heterocycles. The van der Waals surface area contributed by atoms with Crippen LogP contribution < -0.4 is 10.1 Å². The van der Waals surface area contributed by atoms with E-state index in [1.807, 2.05) is 18.2 Å². The fraction of sp³-hybridized carbons (Fsp3) is 0.562. The molecule has 0 aliphatic carbocycles. The van der Waals surface area contributed by atoms with Crippen molar-refractivity contribution in [2.75, 3.05) is 45.8 Å². The SMILES string of the molecule is COCCOc1cccc(NC(=O)N(C)C[C@@H]2CCCO2)c1. The second-order valence-corrected chi connectivity index (χ2v) is 5.31. The van der Waals surface area contributed by atoms with E-state index in [1.165, 1.54) is 0 Å². The summed E-state index contributed by atoms with van der Waals surface area (Å²) in [4.78, 5) is 13.8. The minimum absolute atomic E-state index is 0.149. The Balaban J connectivity index is 1.83. The van der Waals surface area contributed by atoms with Crippen molar-refractivity contribution in [2.45, 2.75) is 18.9 Å². The normalized spacial score (nSPS) is 17.3. The monoisotopic (exact) mass is 308 g/mol. The summed E-state index contributed by atoms with van der Waals surface area (Å²) in [5.41, 5.74) is 0.708. The van der Waals surface area contributed by atoms with Gasteiger partial charge < -0.3 is 24.4 Å². The zero-order valence-electron chi connectivity index (χ0n) is 13.2. The van der Waals surface area contributed by atoms with Gasteiger partial charge in [0.1, 0.15) is 12.4 Å². The molecule has 0 spiro atoms. The molecule has 1 aliphatic heterocycles. The lowest BCUT2D eigenvalue weighted by Crippen LogP contribution is -2.37. The first-order valence-electron chi connectivity index (χ1n) is 7.54. The maximum Gasteiger partial charge on any atom is 0.321 e. The van der Waals surface area contributed by atoms with Crippen molar-refractivity contribution in [3.8, 4) is 5.75 Å². The van der Waals surface area contributed by atoms with Crippen LogP contribution in [0.5, 0.6) is 5.75 Å². The van der Waals surface area contributed by atoms with Gasteiger partial charge in [-0.25, -0.2) is 4.79 Å². The molecule has 1 saturated heterocycles. The minimum Gasteiger partial charge on any atom is -0.491 e. The van der Waals surface area contributed by atoms with Crippen molar-refractivity contribution in [2.24, 2.45) is 0 Å². The summed E-state index contributed by atoms with van der Waals surface area (Å²) in [5, 5.41) is 2.87. The Bertz CT molecular complexity index is 475. The highest BCUT2D eigenvalue weighted by Crippen LogP contribution is 2.18. The van der Waals surface area contributed by atoms with Crippen LogP contribution in [0.3, 0.4) is 0 Å². The van der Waals surface area contributed by atoms with Crippen molar-refractivity contribution >= 4 is 11.7 Å². The van der Waals surface area contributed by atoms with Crippen molar-refractivity contribution < 1.29 is 19.0 Å². The van der Waals surface area contributed by atoms with E-state index in [-0.39, 0.29) is 12.1 Å². The van der Waals surface area contributed by atoms with E-state index >= 15 is 0 Å². The highest BCUT2D eigenvalue weighted by atomic mass is 16.5. The Kier molecular flexibility index (Phi) is 6.48. The van der Waals surface area contributed by atoms with Gasteiger partial charge in [-0.1, -0.05) is 6.07 Å². The van der Waals surface area contributed by atoms with Gasteiger partial charge in [0.05, 0.1) is 12.7 Å². The van der Waals surface area contributed by atoms with E-state index in [4.69, 9.17) is 14.2 Å². The molecule has 1 aromatic carbocycles. The average Bonchev–Trinajstić information content (AvgIpc) is 3.01. The van der Waals surface area contributed by atoms with Crippen molar-refractivity contribution in [1.29, 1.82) is 0 Å². The van der Waals surface area contributed by atoms with E-state index in [9.17, 15) is 4.79 Å². The predicted octanol–water partition coefficient (Wildman–Crippen LogP) is 2.35. The molecular weight excluding hydrogens is 284 g/mol. The van der Waals surface area contributed by atoms with Gasteiger partial charge >= 0.3 is 6.03 Å². The summed E-state index contributed by atoms with van der Waals surface area (Å²) in [6.07, 6.45) is 2.24. The Hall–Kier alpha value is -1.79. The van der Waals surface area contributed by atoms with E-state index < -0.39 is 0 Å². The Morgan fingerprint density at radius 1 is 1.45 bits per heavy atom. The van der Waals surface area contributed by atoms with E-state index in [1.54, 1.807) is 25.1 Å². The first-order chi connectivity index (χ1) is 10.7. The molecule has 0 saturated carbocycles. The first kappa shape index (κ1) is 16.6. The molecule has 1 fully saturated rings. The van der Waals surface area contributed by atoms with Gasteiger partial charge in [-0.2, -0.15) is 0 Å². The Morgan fingerprint density at radius 3 is 3.05 bits per heavy atom. The predicted molar refractivity (Wildman–Crippen MR) is 84.4 cm³/mol. The lowest BCUT2D eigenvalue weighted by molar-refractivity contribution is 0.0894. The third kappa shape index (κ3) is 5.20. The lowest BCUT2D eigenvalue weighted by atomic mass is 10.2. The van der Waals surface area contributed by atoms with Crippen LogP contribution in [-0.2, 0) is 9.47 Å². The van der Waals surface area contributed by atoms with Gasteiger partial charge in [0.25, 0.3) is 0 Å². The van der Waals surface area contributed by atoms with Crippen LogP contribution in [0.25, 0.3) is 0 Å². The number of hydrogen-bond acceptors (Lipinski definition) is 4. The van der Waals surface area contributed by atoms with E-state index in [0.29, 0.717) is 31.2 Å². The molecule has 122 valence electrons. The van der Waals surface area contributed by atoms with Gasteiger partial charge in [0, 0.05) is 39.1 Å². The summed E-state index contributed by atoms with van der Waals surface area (Å²) in [6, 6.07) is 7.18. The van der Waals surface area contributed by atoms with Crippen LogP contribution in [0, 0.1) is 0 Å². The molecule has 1 heterocycles. The number of anilines is 1. The smallest absolute Gasteiger partial charge is 0.321 e. The third-order valence-corrected chi connectivity index (χ3v) is 3.49. The molecule has 0 radical (unpaired) electrons. The summed E-state index contributed by atoms with van der Waals surface area (Å²) >= 11 is 0. The van der Waals surface area contributed by atoms with Crippen LogP contribution in [0.15, 0.2) is 24.3 Å². The van der Waals surface area contributed by atoms with Gasteiger partial charge in [-0.15, -0.1) is 0 Å². The molecule has 1 N–H and O–H groups in total. The fourth-order valence-electron chi connectivity index (χ4n) is 2.30. The summed E-state index contributed by atoms with van der Waals surface area (Å²) in [6.45, 7) is 2.41. The third-order valence-electron chi connectivity index (χ3n) is 3.49. The van der Waals surface area contributed by atoms with Crippen LogP contribution >= 0.6 is 0 Å². The number of carbonyl (C=O) groups is 1. The maximum absolute atomic E-state index is 12.2. The summed E-state index contributed by atoms with van der Waals surface area (Å²) in [7, 11) is 3.40. The van der Waals surface area contributed by atoms with E-state index in [2.05, 4.69) is 5.32 Å². The summed E-state index contributed by atoms with van der Waals surface area (Å²) in [5.74, 6) is 0.705. The molecule has 1 atom stereocenters. The molecule has 22 heavy (non-hydrogen) atoms. The number of nitrogens with one attached hydrogen (secondary N) is 1. The molecule has 1 aliphatic rings. The van der Waals surface area contributed by atoms with Crippen LogP contribution in [0.2, 0.25) is 0 Å². The highest BCUT2D eigenvalue weighted by Gasteiger charge is 2.20. The number of nitrogens with zero attached hydrogens (tertiary/aromatic N) is 1. The van der Waals surface area contributed by atoms with Gasteiger partial charge in [-0.3, -0.25) is 0 Å². The van der Waals surface area contributed by atoms with Crippen molar-refractivity contribution in [3.05, 3.63) is 24.3 Å². The molecule has 6 heteroatoms. The van der Waals surface area contributed by atoms with Crippen molar-refractivity contribution in [1.82, 2.24) is 4.90 Å². The van der Waals surface area contributed by atoms with Crippen LogP contribution in [0.1, 0.15) is 12.8 Å². The van der Waals surface area contributed by atoms with Crippen molar-refractivity contribution in [3.63, 3.8) is 0 Å². The average molecular weight is 308 g/mol. The summed E-state index contributed by atoms with van der Waals surface area (Å²) < 4.78 is 16.0. The molecular formula is C16H24N2O4. The molecule has 2 amide bonds. The number of rotatable bonds is 7. The number of benzene rings is 1. The second-order valence-electron chi connectivity index (χ2n) is 5.31. The van der Waals surface area contributed by atoms with E-state index in [0.717, 1.165) is 19.4 Å². The largest absolute Gasteiger partial charge is 0.491 e. The topological polar surface area (TPSA) is 60.0 Å². The van der Waals surface area contributed by atoms with Crippen LogP contribution in [0.4, 0.5) is 10.5 Å². The van der Waals surface area contributed by atoms with Gasteiger partial charge in [0.15, 0.2) is 0 Å². The lowest BCUT2D eigenvalue weighted by Gasteiger charge is -2.21. The number of carbonyl (C=O) groups excluding carboxylic acids is 1. The number of amides is 2. The van der Waals surface area contributed by atoms with Gasteiger partial charge in [-0.05, 0) is 25.0 Å². The molecule has 6 nitrogen and oxygen atoms in total. The zero-order chi connectivity index (χ0) is 15.8. The molecule has 1 aromatic rings. The highest BCUT2D eigenvalue weighted by molar-refractivity contribution is 5.89. The molecule has 0 bridgehead atoms. The Morgan fingerprint density at radius 2 is 2.32 bits per heavy atom. The number of ether oxygens (including phenoxy) is 3. The number of likely N-dealkylation sites (N-methyl/N-ethyl adjacent to an activating group) is 1. The fourth-order valence-corrected chi connectivity index (χ4v) is 2.30. The van der Waals surface area contributed by atoms with Gasteiger partial charge in [0.2, 0.25) is 0 Å². The number of urea groups is 1. The quantitative estimate of drug-likeness (QED) is 0.786. The first-order valence-corrected chi connectivity index (χ1v) is 7.54. The molecule has 0 unspecified atom stereocenters. The number of hydrogen-bond donors (Lipinski definition) is 1. The molecule has 2 rings (SSSR count). The van der Waals surface area contributed by atoms with Crippen LogP contribution in [-0.4, -0.2) is 57.6 Å². The Labute approximate surface area is 131 Å². The standard InChI is InChI=1S/C16H24N2O4/c1-18(12-15-7-4-8-21-15)16(19)17-13-5-3-6-14(11-13)22-10-9-20-2/h3,5-6,11,15H,4,7-10,12H2,1-2H3,(H,17,19)/t15-/m0/s1. The number of methoxy groups -OCH3 is 1. The maximum atomic E-state index is 12.2. The minimum atomic E-state index is -0.149. The zero-order valence-corrected chi connectivity index (χ0v) is 13.2. The second kappa shape index (κ2) is 8.60.